The molecule has 0 aromatic rings. The second kappa shape index (κ2) is 8.05. The maximum absolute atomic E-state index is 10.5. The molecule has 0 spiro atoms. The van der Waals surface area contributed by atoms with E-state index >= 15 is 0 Å². The highest BCUT2D eigenvalue weighted by molar-refractivity contribution is 7.98. The molecule has 0 radical (unpaired) electrons. The highest BCUT2D eigenvalue weighted by Gasteiger charge is 2.22. The third-order valence-corrected chi connectivity index (χ3v) is 2.59. The zero-order valence-corrected chi connectivity index (χ0v) is 9.03. The van der Waals surface area contributed by atoms with Crippen molar-refractivity contribution in [3.63, 3.8) is 0 Å². The van der Waals surface area contributed by atoms with Crippen molar-refractivity contribution in [1.82, 2.24) is 5.23 Å². The van der Waals surface area contributed by atoms with E-state index in [0.717, 1.165) is 18.6 Å². The first-order valence-corrected chi connectivity index (χ1v) is 5.87. The van der Waals surface area contributed by atoms with Gasteiger partial charge in [-0.05, 0) is 24.9 Å². The van der Waals surface area contributed by atoms with E-state index in [9.17, 15) is 4.79 Å². The molecule has 84 valence electrons. The van der Waals surface area contributed by atoms with Crippen LogP contribution in [0.4, 0.5) is 0 Å². The summed E-state index contributed by atoms with van der Waals surface area (Å²) in [6.07, 6.45) is 4.91. The predicted molar refractivity (Wildman–Crippen MR) is 53.7 cm³/mol. The number of rotatable bonds is 8. The number of unbranched alkanes of at least 4 members (excludes halogenated alkanes) is 2. The fraction of sp³-hybridized carbons (Fsp3) is 0.875. The molecule has 0 saturated heterocycles. The summed E-state index contributed by atoms with van der Waals surface area (Å²) in [6, 6.07) is -1.20. The van der Waals surface area contributed by atoms with Crippen LogP contribution in [-0.4, -0.2) is 44.8 Å². The Morgan fingerprint density at radius 2 is 2.00 bits per heavy atom. The minimum atomic E-state index is -1.21. The van der Waals surface area contributed by atoms with Crippen LogP contribution < -0.4 is 0 Å². The first kappa shape index (κ1) is 13.7. The van der Waals surface area contributed by atoms with Gasteiger partial charge in [0.05, 0.1) is 0 Å². The highest BCUT2D eigenvalue weighted by atomic mass is 32.2. The second-order valence-corrected chi connectivity index (χ2v) is 4.00. The van der Waals surface area contributed by atoms with E-state index in [0.29, 0.717) is 6.42 Å². The molecule has 0 fully saturated rings. The van der Waals surface area contributed by atoms with Crippen molar-refractivity contribution in [3.05, 3.63) is 0 Å². The van der Waals surface area contributed by atoms with Gasteiger partial charge in [-0.25, -0.2) is 0 Å². The predicted octanol–water partition coefficient (Wildman–Crippen LogP) is 1.44. The van der Waals surface area contributed by atoms with Crippen LogP contribution >= 0.6 is 11.8 Å². The SMILES string of the molecule is CSCCCCC[C@@H](C(=O)O)N(O)O. The van der Waals surface area contributed by atoms with Crippen LogP contribution in [0.25, 0.3) is 0 Å². The van der Waals surface area contributed by atoms with Crippen LogP contribution in [-0.2, 0) is 4.79 Å². The first-order chi connectivity index (χ1) is 6.59. The molecule has 0 aromatic carbocycles. The van der Waals surface area contributed by atoms with E-state index in [2.05, 4.69) is 0 Å². The molecule has 0 aromatic heterocycles. The van der Waals surface area contributed by atoms with Gasteiger partial charge in [0.2, 0.25) is 0 Å². The number of hydrogen-bond acceptors (Lipinski definition) is 5. The Bertz CT molecular complexity index is 165. The van der Waals surface area contributed by atoms with Crippen molar-refractivity contribution < 1.29 is 20.3 Å². The number of carboxylic acids is 1. The molecule has 0 aliphatic heterocycles. The Morgan fingerprint density at radius 3 is 2.43 bits per heavy atom. The Morgan fingerprint density at radius 1 is 1.36 bits per heavy atom. The maximum atomic E-state index is 10.5. The fourth-order valence-electron chi connectivity index (χ4n) is 1.10. The molecular weight excluding hydrogens is 206 g/mol. The van der Waals surface area contributed by atoms with Gasteiger partial charge >= 0.3 is 5.97 Å². The number of carboxylic acid groups (broad SMARTS) is 1. The monoisotopic (exact) mass is 223 g/mol. The van der Waals surface area contributed by atoms with Crippen LogP contribution in [0.1, 0.15) is 25.7 Å². The topological polar surface area (TPSA) is 81.0 Å². The van der Waals surface area contributed by atoms with Crippen molar-refractivity contribution in [2.75, 3.05) is 12.0 Å². The largest absolute Gasteiger partial charge is 0.480 e. The Kier molecular flexibility index (Phi) is 7.87. The van der Waals surface area contributed by atoms with Crippen LogP contribution in [0.15, 0.2) is 0 Å². The molecule has 1 atom stereocenters. The van der Waals surface area contributed by atoms with E-state index in [1.165, 1.54) is 0 Å². The lowest BCUT2D eigenvalue weighted by Gasteiger charge is -2.15. The zero-order valence-electron chi connectivity index (χ0n) is 8.22. The van der Waals surface area contributed by atoms with Crippen molar-refractivity contribution in [2.24, 2.45) is 0 Å². The Hall–Kier alpha value is -0.300. The van der Waals surface area contributed by atoms with Gasteiger partial charge < -0.3 is 5.11 Å². The quantitative estimate of drug-likeness (QED) is 0.427. The molecule has 0 rings (SSSR count). The van der Waals surface area contributed by atoms with Gasteiger partial charge in [0.1, 0.15) is 0 Å². The third-order valence-electron chi connectivity index (χ3n) is 1.89. The van der Waals surface area contributed by atoms with Crippen LogP contribution in [0.3, 0.4) is 0 Å². The van der Waals surface area contributed by atoms with E-state index in [-0.39, 0.29) is 11.6 Å². The smallest absolute Gasteiger partial charge is 0.325 e. The molecule has 14 heavy (non-hydrogen) atoms. The highest BCUT2D eigenvalue weighted by Crippen LogP contribution is 2.09. The standard InChI is InChI=1S/C8H17NO4S/c1-14-6-4-2-3-5-7(8(10)11)9(12)13/h7,12-13H,2-6H2,1H3,(H,10,11)/t7-/m0/s1. The summed E-state index contributed by atoms with van der Waals surface area (Å²) in [5.74, 6) is -0.153. The van der Waals surface area contributed by atoms with Gasteiger partial charge in [0, 0.05) is 0 Å². The molecule has 0 saturated carbocycles. The Balaban J connectivity index is 3.57. The summed E-state index contributed by atoms with van der Waals surface area (Å²) in [5.41, 5.74) is 0. The third kappa shape index (κ3) is 6.20. The number of aliphatic carboxylic acids is 1. The van der Waals surface area contributed by atoms with Crippen LogP contribution in [0.5, 0.6) is 0 Å². The molecule has 6 heteroatoms. The molecule has 0 heterocycles. The van der Waals surface area contributed by atoms with Gasteiger partial charge in [0.25, 0.3) is 0 Å². The lowest BCUT2D eigenvalue weighted by atomic mass is 10.1. The van der Waals surface area contributed by atoms with Gasteiger partial charge in [-0.15, -0.1) is 0 Å². The number of thioether (sulfide) groups is 1. The summed E-state index contributed by atoms with van der Waals surface area (Å²) < 4.78 is 0. The first-order valence-electron chi connectivity index (χ1n) is 4.48. The molecule has 0 aliphatic carbocycles. The molecule has 0 unspecified atom stereocenters. The number of nitrogens with zero attached hydrogens (tertiary/aromatic N) is 1. The summed E-state index contributed by atoms with van der Waals surface area (Å²) in [6.45, 7) is 0. The minimum Gasteiger partial charge on any atom is -0.480 e. The summed E-state index contributed by atoms with van der Waals surface area (Å²) in [4.78, 5) is 10.5. The van der Waals surface area contributed by atoms with Crippen molar-refractivity contribution in [1.29, 1.82) is 0 Å². The van der Waals surface area contributed by atoms with Crippen LogP contribution in [0, 0.1) is 0 Å². The normalized spacial score (nSPS) is 13.1. The summed E-state index contributed by atoms with van der Waals surface area (Å²) in [7, 11) is 0. The van der Waals surface area contributed by atoms with Gasteiger partial charge in [-0.1, -0.05) is 18.1 Å². The summed E-state index contributed by atoms with van der Waals surface area (Å²) in [5, 5.41) is 25.5. The van der Waals surface area contributed by atoms with Gasteiger partial charge in [-0.3, -0.25) is 15.2 Å². The zero-order chi connectivity index (χ0) is 11.0. The fourth-order valence-corrected chi connectivity index (χ4v) is 1.59. The minimum absolute atomic E-state index is 0.225. The second-order valence-electron chi connectivity index (χ2n) is 3.02. The van der Waals surface area contributed by atoms with E-state index in [1.54, 1.807) is 11.8 Å². The number of hydroxylamine groups is 2. The van der Waals surface area contributed by atoms with E-state index in [4.69, 9.17) is 15.5 Å². The summed E-state index contributed by atoms with van der Waals surface area (Å²) >= 11 is 1.75. The molecule has 0 amide bonds. The van der Waals surface area contributed by atoms with E-state index < -0.39 is 12.0 Å². The van der Waals surface area contributed by atoms with Crippen LogP contribution in [0.2, 0.25) is 0 Å². The van der Waals surface area contributed by atoms with Gasteiger partial charge in [0.15, 0.2) is 6.04 Å². The van der Waals surface area contributed by atoms with Crippen molar-refractivity contribution >= 4 is 17.7 Å². The molecule has 0 aliphatic rings. The average Bonchev–Trinajstić information content (AvgIpc) is 2.09. The molecule has 5 nitrogen and oxygen atoms in total. The Labute approximate surface area is 87.6 Å². The lowest BCUT2D eigenvalue weighted by Crippen LogP contribution is -2.36. The van der Waals surface area contributed by atoms with E-state index in [1.807, 2.05) is 6.26 Å². The van der Waals surface area contributed by atoms with Crippen molar-refractivity contribution in [2.45, 2.75) is 31.7 Å². The molecule has 0 bridgehead atoms. The van der Waals surface area contributed by atoms with Crippen molar-refractivity contribution in [3.8, 4) is 0 Å². The number of hydrogen-bond donors (Lipinski definition) is 3. The maximum Gasteiger partial charge on any atom is 0.325 e. The number of carbonyl (C=O) groups is 1. The molecule has 3 N–H and O–H groups in total. The lowest BCUT2D eigenvalue weighted by molar-refractivity contribution is -0.328. The average molecular weight is 223 g/mol. The van der Waals surface area contributed by atoms with Gasteiger partial charge in [-0.2, -0.15) is 11.8 Å². The molecular formula is C8H17NO4S.